The normalized spacial score (nSPS) is 12.9. The predicted octanol–water partition coefficient (Wildman–Crippen LogP) is 16.1. The second kappa shape index (κ2) is 25.0. The number of nitrogens with zero attached hydrogens (tertiary/aromatic N) is 2. The molecule has 0 radical (unpaired) electrons. The summed E-state index contributed by atoms with van der Waals surface area (Å²) in [6, 6.07) is 84.9. The molecule has 0 saturated carbocycles. The van der Waals surface area contributed by atoms with Gasteiger partial charge in [0.1, 0.15) is 11.5 Å². The van der Waals surface area contributed by atoms with Crippen LogP contribution in [0.4, 0.5) is 0 Å². The average Bonchev–Trinajstić information content (AvgIpc) is 3.97. The number of phenolic OH excluding ortho intramolecular Hbond substituents is 2. The van der Waals surface area contributed by atoms with E-state index < -0.39 is 10.8 Å². The Balaban J connectivity index is 0.000000440. The van der Waals surface area contributed by atoms with Gasteiger partial charge < -0.3 is 15.1 Å². The third-order valence-corrected chi connectivity index (χ3v) is 15.7. The molecule has 10 aromatic rings. The van der Waals surface area contributed by atoms with Crippen LogP contribution >= 0.6 is 0 Å². The zero-order valence-corrected chi connectivity index (χ0v) is 49.6. The van der Waals surface area contributed by atoms with Gasteiger partial charge >= 0.3 is 25.8 Å². The van der Waals surface area contributed by atoms with Crippen LogP contribution in [0.5, 0.6) is 11.5 Å². The molecule has 0 heterocycles. The number of aromatic hydroxyl groups is 2. The van der Waals surface area contributed by atoms with Crippen LogP contribution in [-0.4, -0.2) is 47.2 Å². The Labute approximate surface area is 488 Å². The molecule has 2 aliphatic rings. The Hall–Kier alpha value is -7.67. The Bertz CT molecular complexity index is 3310. The summed E-state index contributed by atoms with van der Waals surface area (Å²) in [7, 11) is 4.21. The van der Waals surface area contributed by atoms with Crippen molar-refractivity contribution in [2.45, 2.75) is 50.6 Å². The van der Waals surface area contributed by atoms with Crippen molar-refractivity contribution in [1.82, 2.24) is 9.80 Å². The number of hydrogen-bond donors (Lipinski definition) is 2. The number of aryl methyl sites for hydroxylation is 2. The monoisotopic (exact) mass is 1200 g/mol. The van der Waals surface area contributed by atoms with Crippen LogP contribution < -0.4 is 0 Å². The summed E-state index contributed by atoms with van der Waals surface area (Å²) < 4.78 is 0. The van der Waals surface area contributed by atoms with Crippen molar-refractivity contribution in [2.24, 2.45) is 0 Å². The van der Waals surface area contributed by atoms with Gasteiger partial charge in [0.25, 0.3) is 0 Å². The molecule has 10 aromatic carbocycles. The Kier molecular flexibility index (Phi) is 17.7. The maximum atomic E-state index is 12.9. The molecule has 0 aromatic heterocycles. The molecule has 0 atom stereocenters. The molecule has 0 fully saturated rings. The molecule has 2 aliphatic carbocycles. The van der Waals surface area contributed by atoms with E-state index in [1.54, 1.807) is 0 Å². The Morgan fingerprint density at radius 1 is 0.367 bits per heavy atom. The summed E-state index contributed by atoms with van der Waals surface area (Å²) in [5, 5.41) is 25.8. The van der Waals surface area contributed by atoms with Crippen molar-refractivity contribution in [2.75, 3.05) is 27.2 Å². The van der Waals surface area contributed by atoms with Crippen molar-refractivity contribution in [1.29, 1.82) is 0 Å². The summed E-state index contributed by atoms with van der Waals surface area (Å²) in [6.45, 7) is 14.3. The van der Waals surface area contributed by atoms with Crippen LogP contribution in [0.3, 0.4) is 0 Å². The van der Waals surface area contributed by atoms with Gasteiger partial charge in [0, 0.05) is 48.4 Å². The van der Waals surface area contributed by atoms with Gasteiger partial charge in [-0.15, -0.1) is 24.3 Å². The minimum atomic E-state index is -0.613. The molecule has 12 rings (SSSR count). The minimum Gasteiger partial charge on any atom is -0.507 e. The Morgan fingerprint density at radius 3 is 0.949 bits per heavy atom. The summed E-state index contributed by atoms with van der Waals surface area (Å²) in [4.78, 5) is 4.61. The van der Waals surface area contributed by atoms with Crippen molar-refractivity contribution in [3.63, 3.8) is 0 Å². The minimum absolute atomic E-state index is 0. The fraction of sp³-hybridized carbons (Fsp3) is 0.162. The maximum absolute atomic E-state index is 12.9. The third kappa shape index (κ3) is 11.7. The molecule has 5 heteroatoms. The molecule has 0 unspecified atom stereocenters. The van der Waals surface area contributed by atoms with Crippen LogP contribution in [0.15, 0.2) is 243 Å². The van der Waals surface area contributed by atoms with Crippen molar-refractivity contribution < 1.29 is 36.1 Å². The summed E-state index contributed by atoms with van der Waals surface area (Å²) in [5.74, 6) is 0.663. The van der Waals surface area contributed by atoms with Gasteiger partial charge in [-0.3, -0.25) is 4.90 Å². The van der Waals surface area contributed by atoms with Crippen molar-refractivity contribution in [3.05, 3.63) is 334 Å². The van der Waals surface area contributed by atoms with Gasteiger partial charge in [-0.2, -0.15) is 49.2 Å². The zero-order chi connectivity index (χ0) is 54.2. The van der Waals surface area contributed by atoms with Gasteiger partial charge in [0.15, 0.2) is 0 Å². The number of benzene rings is 10. The molecular formula is C74H70HfN2O2+2. The topological polar surface area (TPSA) is 46.9 Å². The first kappa shape index (κ1) is 56.1. The van der Waals surface area contributed by atoms with E-state index in [9.17, 15) is 10.2 Å². The van der Waals surface area contributed by atoms with E-state index in [4.69, 9.17) is 0 Å². The average molecular weight is 1200 g/mol. The van der Waals surface area contributed by atoms with E-state index in [0.717, 1.165) is 57.6 Å². The first-order valence-electron chi connectivity index (χ1n) is 27.2. The quantitative estimate of drug-likeness (QED) is 0.0892. The second-order valence-electron chi connectivity index (χ2n) is 21.4. The first-order valence-corrected chi connectivity index (χ1v) is 27.2. The fourth-order valence-electron chi connectivity index (χ4n) is 12.2. The largest absolute Gasteiger partial charge is 4.00 e. The molecular weight excluding hydrogens is 1130 g/mol. The SMILES string of the molecule is Cc1cc(CN(CCN(C)C)Cc2cc(C)cc(C3(Cc4ccccc4)c4ccccc4-c4ccccc43)c2O)c(O)c(C2(Cc3ccccc3)c3ccccc3-c3ccccc32)c1.[CH2-]c1ccccc1.[CH2-]c1ccccc1.[Hf+4]. The Morgan fingerprint density at radius 2 is 0.658 bits per heavy atom. The molecule has 79 heavy (non-hydrogen) atoms. The zero-order valence-electron chi connectivity index (χ0n) is 46.0. The van der Waals surface area contributed by atoms with Crippen LogP contribution in [0, 0.1) is 27.7 Å². The van der Waals surface area contributed by atoms with Crippen LogP contribution in [0.2, 0.25) is 0 Å². The van der Waals surface area contributed by atoms with Crippen molar-refractivity contribution in [3.8, 4) is 33.8 Å². The molecule has 4 nitrogen and oxygen atoms in total. The van der Waals surface area contributed by atoms with Crippen LogP contribution in [0.25, 0.3) is 22.3 Å². The molecule has 0 saturated heterocycles. The number of hydrogen-bond acceptors (Lipinski definition) is 4. The fourth-order valence-corrected chi connectivity index (χ4v) is 12.2. The van der Waals surface area contributed by atoms with Crippen molar-refractivity contribution >= 4 is 0 Å². The third-order valence-electron chi connectivity index (χ3n) is 15.7. The van der Waals surface area contributed by atoms with E-state index in [0.29, 0.717) is 37.4 Å². The molecule has 0 spiro atoms. The predicted molar refractivity (Wildman–Crippen MR) is 324 cm³/mol. The van der Waals surface area contributed by atoms with E-state index in [2.05, 4.69) is 234 Å². The molecule has 0 bridgehead atoms. The molecule has 2 N–H and O–H groups in total. The van der Waals surface area contributed by atoms with Gasteiger partial charge in [-0.1, -0.05) is 205 Å². The summed E-state index contributed by atoms with van der Waals surface area (Å²) in [6.07, 6.45) is 1.42. The molecule has 0 aliphatic heterocycles. The van der Waals surface area contributed by atoms with Gasteiger partial charge in [0.2, 0.25) is 0 Å². The van der Waals surface area contributed by atoms with Crippen LogP contribution in [-0.2, 0) is 62.6 Å². The number of phenols is 2. The van der Waals surface area contributed by atoms with E-state index in [1.165, 1.54) is 55.6 Å². The number of rotatable bonds is 13. The standard InChI is InChI=1S/C60H56N2O2.2C7H7.Hf/c1-41-33-45(57(63)55(35-41)59(37-43-19-7-5-8-20-43)51-27-15-11-23-47(51)48-24-12-16-28-52(48)59)39-62(32-31-61(3)4)40-46-34-42(2)36-56(58(46)64)60(38-44-21-9-6-10-22-44)53-29-17-13-25-49(53)50-26-14-18-30-54(50)60;2*1-7-5-3-2-4-6-7;/h5-30,33-36,63-64H,31-32,37-40H2,1-4H3;2*2-6H,1H2;/q;2*-1;+4. The molecule has 0 amide bonds. The molecule has 390 valence electrons. The summed E-state index contributed by atoms with van der Waals surface area (Å²) >= 11 is 0. The van der Waals surface area contributed by atoms with Gasteiger partial charge in [-0.25, -0.2) is 0 Å². The first-order chi connectivity index (χ1) is 38.0. The smallest absolute Gasteiger partial charge is 0.507 e. The number of fused-ring (bicyclic) bond motifs is 6. The van der Waals surface area contributed by atoms with Crippen LogP contribution in [0.1, 0.15) is 77.9 Å². The second-order valence-corrected chi connectivity index (χ2v) is 21.4. The van der Waals surface area contributed by atoms with Gasteiger partial charge in [0.05, 0.1) is 10.8 Å². The van der Waals surface area contributed by atoms with Gasteiger partial charge in [-0.05, 0) is 96.4 Å². The summed E-state index contributed by atoms with van der Waals surface area (Å²) in [5.41, 5.74) is 18.9. The number of likely N-dealkylation sites (N-methyl/N-ethyl adjacent to an activating group) is 1. The van der Waals surface area contributed by atoms with E-state index in [-0.39, 0.29) is 25.8 Å². The maximum Gasteiger partial charge on any atom is 4.00 e. The van der Waals surface area contributed by atoms with E-state index >= 15 is 0 Å². The van der Waals surface area contributed by atoms with E-state index in [1.807, 2.05) is 60.7 Å².